The summed E-state index contributed by atoms with van der Waals surface area (Å²) in [6, 6.07) is 11.1. The Balaban J connectivity index is 1.62. The Morgan fingerprint density at radius 2 is 1.73 bits per heavy atom. The minimum Gasteiger partial charge on any atom is -0.321 e. The van der Waals surface area contributed by atoms with Crippen molar-refractivity contribution in [3.63, 3.8) is 0 Å². The van der Waals surface area contributed by atoms with E-state index in [4.69, 9.17) is 23.2 Å². The molecule has 0 saturated carbocycles. The molecule has 0 saturated heterocycles. The zero-order valence-corrected chi connectivity index (χ0v) is 17.1. The van der Waals surface area contributed by atoms with Gasteiger partial charge in [-0.25, -0.2) is 4.68 Å². The number of benzene rings is 2. The first kappa shape index (κ1) is 20.8. The van der Waals surface area contributed by atoms with Gasteiger partial charge in [-0.3, -0.25) is 4.79 Å². The fraction of sp³-hybridized carbons (Fsp3) is 0.238. The van der Waals surface area contributed by atoms with Crippen LogP contribution in [0, 0.1) is 0 Å². The van der Waals surface area contributed by atoms with Gasteiger partial charge in [0.25, 0.3) is 5.91 Å². The largest absolute Gasteiger partial charge is 0.435 e. The molecule has 2 aromatic carbocycles. The fourth-order valence-electron chi connectivity index (χ4n) is 3.59. The number of carbonyl (C=O) groups excluding carboxylic acids is 1. The van der Waals surface area contributed by atoms with Crippen LogP contribution in [0.15, 0.2) is 42.5 Å². The zero-order valence-electron chi connectivity index (χ0n) is 15.6. The van der Waals surface area contributed by atoms with Gasteiger partial charge in [0, 0.05) is 16.8 Å². The number of nitrogens with one attached hydrogen (secondary N) is 1. The Morgan fingerprint density at radius 1 is 1.03 bits per heavy atom. The lowest BCUT2D eigenvalue weighted by Gasteiger charge is -2.15. The maximum Gasteiger partial charge on any atom is 0.435 e. The van der Waals surface area contributed by atoms with Gasteiger partial charge < -0.3 is 5.32 Å². The predicted molar refractivity (Wildman–Crippen MR) is 110 cm³/mol. The summed E-state index contributed by atoms with van der Waals surface area (Å²) < 4.78 is 41.5. The summed E-state index contributed by atoms with van der Waals surface area (Å²) in [7, 11) is 0. The van der Waals surface area contributed by atoms with E-state index in [0.29, 0.717) is 46.9 Å². The number of hydrogen-bond acceptors (Lipinski definition) is 2. The highest BCUT2D eigenvalue weighted by molar-refractivity contribution is 6.44. The first-order chi connectivity index (χ1) is 14.3. The van der Waals surface area contributed by atoms with Gasteiger partial charge >= 0.3 is 6.18 Å². The van der Waals surface area contributed by atoms with E-state index in [1.165, 1.54) is 16.8 Å². The number of aromatic nitrogens is 2. The molecule has 30 heavy (non-hydrogen) atoms. The first-order valence-corrected chi connectivity index (χ1v) is 10.0. The Bertz CT molecular complexity index is 1110. The molecular formula is C21H16Cl2F3N3O. The van der Waals surface area contributed by atoms with Gasteiger partial charge in [-0.2, -0.15) is 18.3 Å². The molecular weight excluding hydrogens is 438 g/mol. The topological polar surface area (TPSA) is 46.9 Å². The van der Waals surface area contributed by atoms with E-state index < -0.39 is 17.8 Å². The number of anilines is 1. The summed E-state index contributed by atoms with van der Waals surface area (Å²) in [4.78, 5) is 12.5. The molecule has 1 heterocycles. The molecule has 0 spiro atoms. The van der Waals surface area contributed by atoms with Crippen LogP contribution in [0.2, 0.25) is 10.0 Å². The summed E-state index contributed by atoms with van der Waals surface area (Å²) in [5.41, 5.74) is 1.19. The summed E-state index contributed by atoms with van der Waals surface area (Å²) in [5.74, 6) is -0.413. The van der Waals surface area contributed by atoms with Gasteiger partial charge in [-0.15, -0.1) is 0 Å². The van der Waals surface area contributed by atoms with Crippen molar-refractivity contribution in [1.29, 1.82) is 0 Å². The van der Waals surface area contributed by atoms with Crippen molar-refractivity contribution in [3.8, 4) is 5.69 Å². The zero-order chi connectivity index (χ0) is 21.5. The third-order valence-electron chi connectivity index (χ3n) is 5.02. The minimum atomic E-state index is -4.50. The SMILES string of the molecule is O=C(Nc1cccc(Cl)c1Cl)c1ccc(-n2nc(C(F)(F)F)c3c2CCCC3)cc1. The number of rotatable bonds is 3. The van der Waals surface area contributed by atoms with Crippen molar-refractivity contribution in [1.82, 2.24) is 9.78 Å². The van der Waals surface area contributed by atoms with Crippen LogP contribution in [0.3, 0.4) is 0 Å². The summed E-state index contributed by atoms with van der Waals surface area (Å²) in [5, 5.41) is 7.07. The molecule has 1 amide bonds. The van der Waals surface area contributed by atoms with Crippen LogP contribution in [-0.2, 0) is 19.0 Å². The van der Waals surface area contributed by atoms with Crippen molar-refractivity contribution < 1.29 is 18.0 Å². The van der Waals surface area contributed by atoms with Gasteiger partial charge in [-0.1, -0.05) is 29.3 Å². The van der Waals surface area contributed by atoms with Crippen LogP contribution in [-0.4, -0.2) is 15.7 Å². The summed E-state index contributed by atoms with van der Waals surface area (Å²) in [6.45, 7) is 0. The second-order valence-corrected chi connectivity index (χ2v) is 7.78. The highest BCUT2D eigenvalue weighted by Crippen LogP contribution is 2.37. The maximum absolute atomic E-state index is 13.4. The fourth-order valence-corrected chi connectivity index (χ4v) is 3.94. The van der Waals surface area contributed by atoms with E-state index >= 15 is 0 Å². The van der Waals surface area contributed by atoms with Crippen molar-refractivity contribution in [2.75, 3.05) is 5.32 Å². The van der Waals surface area contributed by atoms with Gasteiger partial charge in [0.2, 0.25) is 0 Å². The van der Waals surface area contributed by atoms with Crippen molar-refractivity contribution in [3.05, 3.63) is 75.0 Å². The van der Waals surface area contributed by atoms with Gasteiger partial charge in [0.15, 0.2) is 5.69 Å². The number of nitrogens with zero attached hydrogens (tertiary/aromatic N) is 2. The minimum absolute atomic E-state index is 0.229. The molecule has 0 fully saturated rings. The lowest BCUT2D eigenvalue weighted by atomic mass is 9.95. The molecule has 0 atom stereocenters. The van der Waals surface area contributed by atoms with Crippen LogP contribution in [0.4, 0.5) is 18.9 Å². The van der Waals surface area contributed by atoms with Crippen molar-refractivity contribution in [2.24, 2.45) is 0 Å². The van der Waals surface area contributed by atoms with Gasteiger partial charge in [0.1, 0.15) is 0 Å². The number of hydrogen-bond donors (Lipinski definition) is 1. The van der Waals surface area contributed by atoms with Crippen molar-refractivity contribution in [2.45, 2.75) is 31.9 Å². The Kier molecular flexibility index (Phi) is 5.51. The highest BCUT2D eigenvalue weighted by atomic mass is 35.5. The Morgan fingerprint density at radius 3 is 2.43 bits per heavy atom. The molecule has 0 bridgehead atoms. The maximum atomic E-state index is 13.4. The second-order valence-electron chi connectivity index (χ2n) is 6.99. The van der Waals surface area contributed by atoms with Crippen LogP contribution >= 0.6 is 23.2 Å². The van der Waals surface area contributed by atoms with E-state index in [1.807, 2.05) is 0 Å². The lowest BCUT2D eigenvalue weighted by Crippen LogP contribution is -2.13. The molecule has 0 unspecified atom stereocenters. The molecule has 1 N–H and O–H groups in total. The molecule has 4 nitrogen and oxygen atoms in total. The number of alkyl halides is 3. The number of carbonyl (C=O) groups is 1. The van der Waals surface area contributed by atoms with Crippen LogP contribution < -0.4 is 5.32 Å². The number of halogens is 5. The normalized spacial score (nSPS) is 13.8. The average molecular weight is 454 g/mol. The smallest absolute Gasteiger partial charge is 0.321 e. The molecule has 1 aliphatic rings. The number of amides is 1. The molecule has 0 radical (unpaired) electrons. The molecule has 4 rings (SSSR count). The summed E-state index contributed by atoms with van der Waals surface area (Å²) in [6.07, 6.45) is -2.06. The van der Waals surface area contributed by atoms with Gasteiger partial charge in [-0.05, 0) is 62.1 Å². The molecule has 0 aliphatic heterocycles. The number of fused-ring (bicyclic) bond motifs is 1. The first-order valence-electron chi connectivity index (χ1n) is 9.29. The molecule has 3 aromatic rings. The Labute approximate surface area is 180 Å². The van der Waals surface area contributed by atoms with E-state index in [9.17, 15) is 18.0 Å². The molecule has 156 valence electrons. The third kappa shape index (κ3) is 3.91. The van der Waals surface area contributed by atoms with Crippen LogP contribution in [0.5, 0.6) is 0 Å². The van der Waals surface area contributed by atoms with E-state index in [0.717, 1.165) is 6.42 Å². The predicted octanol–water partition coefficient (Wildman–Crippen LogP) is 6.33. The third-order valence-corrected chi connectivity index (χ3v) is 5.84. The standard InChI is InChI=1S/C21H16Cl2F3N3O/c22-15-5-3-6-16(18(15)23)27-20(30)12-8-10-13(11-9-12)29-17-7-2-1-4-14(17)19(28-29)21(24,25)26/h3,5-6,8-11H,1-2,4,7H2,(H,27,30). The van der Waals surface area contributed by atoms with Crippen LogP contribution in [0.25, 0.3) is 5.69 Å². The van der Waals surface area contributed by atoms with E-state index in [-0.39, 0.29) is 10.6 Å². The molecule has 1 aromatic heterocycles. The average Bonchev–Trinajstić information content (AvgIpc) is 3.12. The lowest BCUT2D eigenvalue weighted by molar-refractivity contribution is -0.142. The second kappa shape index (κ2) is 7.96. The van der Waals surface area contributed by atoms with Crippen LogP contribution in [0.1, 0.15) is 40.2 Å². The van der Waals surface area contributed by atoms with E-state index in [1.54, 1.807) is 30.3 Å². The molecule has 9 heteroatoms. The summed E-state index contributed by atoms with van der Waals surface area (Å²) >= 11 is 12.0. The quantitative estimate of drug-likeness (QED) is 0.503. The van der Waals surface area contributed by atoms with E-state index in [2.05, 4.69) is 10.4 Å². The van der Waals surface area contributed by atoms with Gasteiger partial charge in [0.05, 0.1) is 21.4 Å². The monoisotopic (exact) mass is 453 g/mol. The molecule has 1 aliphatic carbocycles. The highest BCUT2D eigenvalue weighted by Gasteiger charge is 2.39. The Hall–Kier alpha value is -2.51. The van der Waals surface area contributed by atoms with Crippen molar-refractivity contribution >= 4 is 34.8 Å².